The average molecular weight is 419 g/mol. The molecule has 7 nitrogen and oxygen atoms in total. The highest BCUT2D eigenvalue weighted by molar-refractivity contribution is 7.09. The molecule has 3 heterocycles. The van der Waals surface area contributed by atoms with Gasteiger partial charge in [0, 0.05) is 16.0 Å². The second kappa shape index (κ2) is 7.20. The minimum atomic E-state index is -0.430. The lowest BCUT2D eigenvalue weighted by molar-refractivity contribution is 0.0951. The van der Waals surface area contributed by atoms with Gasteiger partial charge in [-0.2, -0.15) is 10.1 Å². The Bertz CT molecular complexity index is 1440. The van der Waals surface area contributed by atoms with Crippen LogP contribution in [0.1, 0.15) is 15.2 Å². The highest BCUT2D eigenvalue weighted by atomic mass is 32.1. The summed E-state index contributed by atoms with van der Waals surface area (Å²) in [7, 11) is 0. The van der Waals surface area contributed by atoms with Crippen molar-refractivity contribution in [2.75, 3.05) is 0 Å². The third kappa shape index (κ3) is 3.15. The van der Waals surface area contributed by atoms with Gasteiger partial charge in [-0.3, -0.25) is 9.59 Å². The molecule has 0 aliphatic heterocycles. The zero-order chi connectivity index (χ0) is 20.7. The van der Waals surface area contributed by atoms with Crippen LogP contribution in [-0.2, 0) is 6.54 Å². The summed E-state index contributed by atoms with van der Waals surface area (Å²) in [6.45, 7) is 0.430. The fraction of sp³-hybridized carbons (Fsp3) is 0.0476. The first kappa shape index (κ1) is 18.2. The van der Waals surface area contributed by atoms with Gasteiger partial charge in [0.25, 0.3) is 11.5 Å². The fourth-order valence-electron chi connectivity index (χ4n) is 3.25. The number of rotatable bonds is 4. The van der Waals surface area contributed by atoms with Crippen LogP contribution < -0.4 is 10.9 Å². The van der Waals surface area contributed by atoms with E-state index >= 15 is 0 Å². The monoisotopic (exact) mass is 419 g/mol. The van der Waals surface area contributed by atoms with Crippen molar-refractivity contribution in [2.45, 2.75) is 6.54 Å². The van der Waals surface area contributed by atoms with Crippen LogP contribution in [0, 0.1) is 5.82 Å². The lowest BCUT2D eigenvalue weighted by atomic mass is 10.1. The van der Waals surface area contributed by atoms with Crippen molar-refractivity contribution in [3.8, 4) is 11.3 Å². The van der Waals surface area contributed by atoms with E-state index in [2.05, 4.69) is 20.6 Å². The first-order valence-electron chi connectivity index (χ1n) is 9.07. The molecular weight excluding hydrogens is 405 g/mol. The quantitative estimate of drug-likeness (QED) is 0.467. The number of hydrogen-bond donors (Lipinski definition) is 2. The van der Waals surface area contributed by atoms with Crippen LogP contribution in [0.5, 0.6) is 0 Å². The van der Waals surface area contributed by atoms with Crippen molar-refractivity contribution < 1.29 is 9.18 Å². The number of amides is 1. The highest BCUT2D eigenvalue weighted by Gasteiger charge is 2.16. The molecule has 9 heteroatoms. The Morgan fingerprint density at radius 2 is 2.00 bits per heavy atom. The second-order valence-electron chi connectivity index (χ2n) is 6.64. The van der Waals surface area contributed by atoms with Crippen LogP contribution in [-0.4, -0.2) is 25.7 Å². The molecule has 0 aliphatic rings. The van der Waals surface area contributed by atoms with Gasteiger partial charge in [-0.1, -0.05) is 6.07 Å². The standard InChI is InChI=1S/C21H14FN5O2S/c22-14-6-3-12(4-7-14)18-19-24-21(29)16-8-5-13(10-17(16)27(19)26-25-18)20(28)23-11-15-2-1-9-30-15/h1-10,26H,11H2,(H,23,28). The molecule has 148 valence electrons. The van der Waals surface area contributed by atoms with Crippen LogP contribution in [0.4, 0.5) is 4.39 Å². The van der Waals surface area contributed by atoms with Crippen LogP contribution in [0.15, 0.2) is 64.8 Å². The highest BCUT2D eigenvalue weighted by Crippen LogP contribution is 2.23. The van der Waals surface area contributed by atoms with E-state index in [9.17, 15) is 14.0 Å². The van der Waals surface area contributed by atoms with E-state index < -0.39 is 5.56 Å². The molecule has 0 saturated carbocycles. The summed E-state index contributed by atoms with van der Waals surface area (Å²) >= 11 is 1.56. The van der Waals surface area contributed by atoms with Gasteiger partial charge in [0.05, 0.1) is 17.4 Å². The first-order valence-corrected chi connectivity index (χ1v) is 9.95. The van der Waals surface area contributed by atoms with Crippen molar-refractivity contribution >= 4 is 33.8 Å². The van der Waals surface area contributed by atoms with Crippen molar-refractivity contribution in [2.24, 2.45) is 0 Å². The van der Waals surface area contributed by atoms with E-state index in [4.69, 9.17) is 0 Å². The summed E-state index contributed by atoms with van der Waals surface area (Å²) in [6, 6.07) is 14.4. The molecule has 0 radical (unpaired) electrons. The summed E-state index contributed by atoms with van der Waals surface area (Å²) < 4.78 is 14.8. The van der Waals surface area contributed by atoms with E-state index in [0.29, 0.717) is 39.9 Å². The topological polar surface area (TPSA) is 92.2 Å². The number of hydrogen-bond acceptors (Lipinski definition) is 5. The third-order valence-corrected chi connectivity index (χ3v) is 5.62. The molecule has 0 bridgehead atoms. The number of nitrogens with zero attached hydrogens (tertiary/aromatic N) is 3. The molecule has 0 aliphatic carbocycles. The molecule has 1 amide bonds. The van der Waals surface area contributed by atoms with Crippen molar-refractivity contribution in [1.82, 2.24) is 25.1 Å². The third-order valence-electron chi connectivity index (χ3n) is 4.75. The number of carbonyl (C=O) groups excluding carboxylic acids is 1. The van der Waals surface area contributed by atoms with E-state index in [1.165, 1.54) is 12.1 Å². The Morgan fingerprint density at radius 3 is 2.77 bits per heavy atom. The lowest BCUT2D eigenvalue weighted by Gasteiger charge is -2.06. The smallest absolute Gasteiger partial charge is 0.281 e. The summed E-state index contributed by atoms with van der Waals surface area (Å²) in [5.41, 5.74) is 1.80. The largest absolute Gasteiger partial charge is 0.347 e. The number of H-pyrrole nitrogens is 1. The van der Waals surface area contributed by atoms with Crippen molar-refractivity contribution in [1.29, 1.82) is 0 Å². The van der Waals surface area contributed by atoms with E-state index in [1.54, 1.807) is 46.2 Å². The van der Waals surface area contributed by atoms with Gasteiger partial charge in [0.2, 0.25) is 0 Å². The van der Waals surface area contributed by atoms with Gasteiger partial charge < -0.3 is 5.32 Å². The molecule has 30 heavy (non-hydrogen) atoms. The zero-order valence-corrected chi connectivity index (χ0v) is 16.2. The Hall–Kier alpha value is -3.85. The van der Waals surface area contributed by atoms with Gasteiger partial charge in [-0.15, -0.1) is 11.3 Å². The number of aromatic amines is 1. The Kier molecular flexibility index (Phi) is 4.36. The molecule has 5 rings (SSSR count). The summed E-state index contributed by atoms with van der Waals surface area (Å²) in [5, 5.41) is 12.3. The summed E-state index contributed by atoms with van der Waals surface area (Å²) in [4.78, 5) is 30.3. The normalized spacial score (nSPS) is 11.2. The molecular formula is C21H14FN5O2S. The maximum absolute atomic E-state index is 13.3. The molecule has 2 N–H and O–H groups in total. The van der Waals surface area contributed by atoms with Gasteiger partial charge in [-0.25, -0.2) is 14.1 Å². The molecule has 0 unspecified atom stereocenters. The van der Waals surface area contributed by atoms with Gasteiger partial charge in [0.1, 0.15) is 11.5 Å². The Morgan fingerprint density at radius 1 is 1.17 bits per heavy atom. The molecule has 3 aromatic heterocycles. The predicted octanol–water partition coefficient (Wildman–Crippen LogP) is 3.37. The zero-order valence-electron chi connectivity index (χ0n) is 15.4. The maximum atomic E-state index is 13.3. The average Bonchev–Trinajstić information content (AvgIpc) is 3.42. The lowest BCUT2D eigenvalue weighted by Crippen LogP contribution is -2.22. The maximum Gasteiger partial charge on any atom is 0.281 e. The van der Waals surface area contributed by atoms with Crippen LogP contribution >= 0.6 is 11.3 Å². The number of nitrogens with one attached hydrogen (secondary N) is 2. The summed E-state index contributed by atoms with van der Waals surface area (Å²) in [6.07, 6.45) is 0. The molecule has 0 spiro atoms. The number of benzene rings is 2. The van der Waals surface area contributed by atoms with Crippen molar-refractivity contribution in [3.63, 3.8) is 0 Å². The minimum Gasteiger partial charge on any atom is -0.347 e. The predicted molar refractivity (Wildman–Crippen MR) is 112 cm³/mol. The number of fused-ring (bicyclic) bond motifs is 3. The van der Waals surface area contributed by atoms with Crippen molar-refractivity contribution in [3.05, 3.63) is 86.6 Å². The van der Waals surface area contributed by atoms with E-state index in [0.717, 1.165) is 4.88 Å². The molecule has 2 aromatic carbocycles. The van der Waals surface area contributed by atoms with Gasteiger partial charge in [0.15, 0.2) is 5.65 Å². The fourth-order valence-corrected chi connectivity index (χ4v) is 3.90. The van der Waals surface area contributed by atoms with Gasteiger partial charge >= 0.3 is 0 Å². The second-order valence-corrected chi connectivity index (χ2v) is 7.67. The van der Waals surface area contributed by atoms with E-state index in [1.807, 2.05) is 17.5 Å². The number of halogens is 1. The van der Waals surface area contributed by atoms with Crippen LogP contribution in [0.3, 0.4) is 0 Å². The molecule has 0 saturated heterocycles. The van der Waals surface area contributed by atoms with Crippen LogP contribution in [0.2, 0.25) is 0 Å². The van der Waals surface area contributed by atoms with E-state index in [-0.39, 0.29) is 11.7 Å². The van der Waals surface area contributed by atoms with Crippen LogP contribution in [0.25, 0.3) is 27.8 Å². The number of aromatic nitrogens is 4. The Labute approximate surface area is 172 Å². The first-order chi connectivity index (χ1) is 14.6. The molecule has 5 aromatic rings. The minimum absolute atomic E-state index is 0.249. The Balaban J connectivity index is 1.58. The SMILES string of the molecule is O=C(NCc1cccs1)c1ccc2c(=O)nc3c(-c4ccc(F)cc4)n[nH]n3c2c1. The molecule has 0 fully saturated rings. The number of thiophene rings is 1. The van der Waals surface area contributed by atoms with Gasteiger partial charge in [-0.05, 0) is 53.9 Å². The summed E-state index contributed by atoms with van der Waals surface area (Å²) in [5.74, 6) is -0.617. The number of carbonyl (C=O) groups is 1. The molecule has 0 atom stereocenters.